The third-order valence-corrected chi connectivity index (χ3v) is 2.83. The zero-order valence-corrected chi connectivity index (χ0v) is 11.9. The molecular formula is C16H17N3O2. The summed E-state index contributed by atoms with van der Waals surface area (Å²) >= 11 is 0. The molecule has 0 unspecified atom stereocenters. The molecule has 5 nitrogen and oxygen atoms in total. The molecule has 108 valence electrons. The van der Waals surface area contributed by atoms with Gasteiger partial charge in [-0.1, -0.05) is 24.3 Å². The summed E-state index contributed by atoms with van der Waals surface area (Å²) in [7, 11) is 0. The summed E-state index contributed by atoms with van der Waals surface area (Å²) < 4.78 is 0. The smallest absolute Gasteiger partial charge is 0.323 e. The van der Waals surface area contributed by atoms with E-state index in [4.69, 9.17) is 0 Å². The van der Waals surface area contributed by atoms with E-state index in [0.717, 1.165) is 11.3 Å². The zero-order valence-electron chi connectivity index (χ0n) is 11.9. The van der Waals surface area contributed by atoms with Crippen LogP contribution in [0, 0.1) is 6.92 Å². The van der Waals surface area contributed by atoms with E-state index in [1.807, 2.05) is 31.2 Å². The van der Waals surface area contributed by atoms with Crippen molar-refractivity contribution in [2.75, 3.05) is 16.0 Å². The van der Waals surface area contributed by atoms with Crippen LogP contribution in [0.4, 0.5) is 21.9 Å². The summed E-state index contributed by atoms with van der Waals surface area (Å²) in [5, 5.41) is 8.18. The van der Waals surface area contributed by atoms with Gasteiger partial charge in [-0.05, 0) is 36.8 Å². The summed E-state index contributed by atoms with van der Waals surface area (Å²) in [6.07, 6.45) is 0. The molecule has 0 spiro atoms. The Kier molecular flexibility index (Phi) is 4.56. The van der Waals surface area contributed by atoms with Gasteiger partial charge in [0.1, 0.15) is 0 Å². The lowest BCUT2D eigenvalue weighted by Gasteiger charge is -2.10. The van der Waals surface area contributed by atoms with Crippen LogP contribution in [0.5, 0.6) is 0 Å². The first-order chi connectivity index (χ1) is 10.0. The van der Waals surface area contributed by atoms with Crippen LogP contribution in [0.3, 0.4) is 0 Å². The molecule has 0 aliphatic carbocycles. The Labute approximate surface area is 123 Å². The minimum atomic E-state index is -0.329. The van der Waals surface area contributed by atoms with Gasteiger partial charge in [0.2, 0.25) is 5.91 Å². The Hall–Kier alpha value is -2.82. The van der Waals surface area contributed by atoms with E-state index in [-0.39, 0.29) is 11.9 Å². The van der Waals surface area contributed by atoms with Crippen molar-refractivity contribution in [2.24, 2.45) is 0 Å². The molecule has 0 fully saturated rings. The fourth-order valence-corrected chi connectivity index (χ4v) is 1.88. The standard InChI is InChI=1S/C16H17N3O2/c1-11-6-3-4-9-15(11)19-16(21)18-14-8-5-7-13(10-14)17-12(2)20/h3-10H,1-2H3,(H,17,20)(H2,18,19,21). The summed E-state index contributed by atoms with van der Waals surface area (Å²) in [6, 6.07) is 14.2. The molecule has 0 heterocycles. The average molecular weight is 283 g/mol. The molecule has 3 amide bonds. The number of amides is 3. The molecule has 0 atom stereocenters. The molecule has 2 aromatic carbocycles. The number of para-hydroxylation sites is 1. The van der Waals surface area contributed by atoms with Gasteiger partial charge in [-0.15, -0.1) is 0 Å². The molecule has 21 heavy (non-hydrogen) atoms. The topological polar surface area (TPSA) is 70.2 Å². The third kappa shape index (κ3) is 4.35. The second-order valence-corrected chi connectivity index (χ2v) is 4.66. The van der Waals surface area contributed by atoms with Gasteiger partial charge in [-0.2, -0.15) is 0 Å². The van der Waals surface area contributed by atoms with Gasteiger partial charge in [0, 0.05) is 24.0 Å². The Morgan fingerprint density at radius 3 is 2.19 bits per heavy atom. The monoisotopic (exact) mass is 283 g/mol. The number of carbonyl (C=O) groups is 2. The minimum Gasteiger partial charge on any atom is -0.326 e. The van der Waals surface area contributed by atoms with Crippen molar-refractivity contribution in [3.63, 3.8) is 0 Å². The van der Waals surface area contributed by atoms with E-state index in [1.54, 1.807) is 24.3 Å². The predicted molar refractivity (Wildman–Crippen MR) is 84.6 cm³/mol. The van der Waals surface area contributed by atoms with E-state index in [9.17, 15) is 9.59 Å². The van der Waals surface area contributed by atoms with Crippen LogP contribution in [0.1, 0.15) is 12.5 Å². The van der Waals surface area contributed by atoms with Crippen molar-refractivity contribution in [1.82, 2.24) is 0 Å². The van der Waals surface area contributed by atoms with E-state index < -0.39 is 0 Å². The molecule has 0 aliphatic rings. The number of nitrogens with one attached hydrogen (secondary N) is 3. The normalized spacial score (nSPS) is 9.81. The Morgan fingerprint density at radius 2 is 1.52 bits per heavy atom. The fourth-order valence-electron chi connectivity index (χ4n) is 1.88. The van der Waals surface area contributed by atoms with Crippen molar-refractivity contribution in [3.05, 3.63) is 54.1 Å². The van der Waals surface area contributed by atoms with E-state index in [1.165, 1.54) is 6.92 Å². The minimum absolute atomic E-state index is 0.156. The lowest BCUT2D eigenvalue weighted by molar-refractivity contribution is -0.114. The molecule has 0 radical (unpaired) electrons. The van der Waals surface area contributed by atoms with Crippen molar-refractivity contribution < 1.29 is 9.59 Å². The molecule has 0 bridgehead atoms. The molecule has 2 aromatic rings. The van der Waals surface area contributed by atoms with Crippen molar-refractivity contribution in [1.29, 1.82) is 0 Å². The maximum absolute atomic E-state index is 12.0. The summed E-state index contributed by atoms with van der Waals surface area (Å²) in [5.41, 5.74) is 2.98. The van der Waals surface area contributed by atoms with Crippen LogP contribution in [0.2, 0.25) is 0 Å². The molecule has 2 rings (SSSR count). The highest BCUT2D eigenvalue weighted by Gasteiger charge is 2.05. The lowest BCUT2D eigenvalue weighted by atomic mass is 10.2. The van der Waals surface area contributed by atoms with Crippen LogP contribution in [0.15, 0.2) is 48.5 Å². The Bertz CT molecular complexity index is 668. The maximum atomic E-state index is 12.0. The molecule has 5 heteroatoms. The molecule has 0 aromatic heterocycles. The van der Waals surface area contributed by atoms with Crippen LogP contribution in [0.25, 0.3) is 0 Å². The predicted octanol–water partition coefficient (Wildman–Crippen LogP) is 3.60. The first-order valence-electron chi connectivity index (χ1n) is 6.56. The molecule has 0 saturated heterocycles. The Balaban J connectivity index is 2.03. The van der Waals surface area contributed by atoms with Gasteiger partial charge in [0.15, 0.2) is 0 Å². The average Bonchev–Trinajstić information content (AvgIpc) is 2.41. The van der Waals surface area contributed by atoms with E-state index in [0.29, 0.717) is 11.4 Å². The zero-order chi connectivity index (χ0) is 15.2. The van der Waals surface area contributed by atoms with Gasteiger partial charge >= 0.3 is 6.03 Å². The largest absolute Gasteiger partial charge is 0.326 e. The maximum Gasteiger partial charge on any atom is 0.323 e. The van der Waals surface area contributed by atoms with Gasteiger partial charge in [-0.3, -0.25) is 4.79 Å². The number of hydrogen-bond acceptors (Lipinski definition) is 2. The number of urea groups is 1. The van der Waals surface area contributed by atoms with E-state index in [2.05, 4.69) is 16.0 Å². The number of aryl methyl sites for hydroxylation is 1. The van der Waals surface area contributed by atoms with Gasteiger partial charge < -0.3 is 16.0 Å². The van der Waals surface area contributed by atoms with Crippen LogP contribution < -0.4 is 16.0 Å². The second kappa shape index (κ2) is 6.56. The quantitative estimate of drug-likeness (QED) is 0.805. The van der Waals surface area contributed by atoms with Crippen molar-refractivity contribution in [2.45, 2.75) is 13.8 Å². The van der Waals surface area contributed by atoms with Crippen LogP contribution in [-0.4, -0.2) is 11.9 Å². The first-order valence-corrected chi connectivity index (χ1v) is 6.56. The second-order valence-electron chi connectivity index (χ2n) is 4.66. The highest BCUT2D eigenvalue weighted by molar-refractivity contribution is 6.00. The lowest BCUT2D eigenvalue weighted by Crippen LogP contribution is -2.20. The number of rotatable bonds is 3. The van der Waals surface area contributed by atoms with Crippen molar-refractivity contribution in [3.8, 4) is 0 Å². The molecular weight excluding hydrogens is 266 g/mol. The highest BCUT2D eigenvalue weighted by Crippen LogP contribution is 2.17. The first kappa shape index (κ1) is 14.6. The molecule has 0 saturated carbocycles. The highest BCUT2D eigenvalue weighted by atomic mass is 16.2. The van der Waals surface area contributed by atoms with Gasteiger partial charge in [0.25, 0.3) is 0 Å². The number of hydrogen-bond donors (Lipinski definition) is 3. The summed E-state index contributed by atoms with van der Waals surface area (Å²) in [4.78, 5) is 23.0. The molecule has 0 aliphatic heterocycles. The van der Waals surface area contributed by atoms with Crippen LogP contribution in [-0.2, 0) is 4.79 Å². The fraction of sp³-hybridized carbons (Fsp3) is 0.125. The summed E-state index contributed by atoms with van der Waals surface area (Å²) in [5.74, 6) is -0.156. The van der Waals surface area contributed by atoms with Gasteiger partial charge in [0.05, 0.1) is 0 Å². The third-order valence-electron chi connectivity index (χ3n) is 2.83. The summed E-state index contributed by atoms with van der Waals surface area (Å²) in [6.45, 7) is 3.36. The van der Waals surface area contributed by atoms with Crippen LogP contribution >= 0.6 is 0 Å². The SMILES string of the molecule is CC(=O)Nc1cccc(NC(=O)Nc2ccccc2C)c1. The van der Waals surface area contributed by atoms with Gasteiger partial charge in [-0.25, -0.2) is 4.79 Å². The number of benzene rings is 2. The number of anilines is 3. The molecule has 3 N–H and O–H groups in total. The van der Waals surface area contributed by atoms with E-state index >= 15 is 0 Å². The Morgan fingerprint density at radius 1 is 0.857 bits per heavy atom. The number of carbonyl (C=O) groups excluding carboxylic acids is 2. The van der Waals surface area contributed by atoms with Crippen molar-refractivity contribution >= 4 is 29.0 Å².